The van der Waals surface area contributed by atoms with Crippen molar-refractivity contribution in [3.63, 3.8) is 0 Å². The third kappa shape index (κ3) is 5.74. The highest BCUT2D eigenvalue weighted by molar-refractivity contribution is 5.78. The first-order valence-electron chi connectivity index (χ1n) is 5.33. The molecule has 0 fully saturated rings. The van der Waals surface area contributed by atoms with Crippen molar-refractivity contribution >= 4 is 5.97 Å². The maximum atomic E-state index is 11.0. The Labute approximate surface area is 92.0 Å². The number of hydrogen-bond acceptors (Lipinski definition) is 3. The molecule has 4 nitrogen and oxygen atoms in total. The first-order chi connectivity index (χ1) is 6.71. The first-order valence-corrected chi connectivity index (χ1v) is 5.33. The number of aliphatic carboxylic acids is 1. The van der Waals surface area contributed by atoms with Gasteiger partial charge in [-0.25, -0.2) is 0 Å². The number of likely N-dealkylation sites (N-methyl/N-ethyl adjacent to an activating group) is 1. The normalized spacial score (nSPS) is 16.1. The third-order valence-corrected chi connectivity index (χ3v) is 2.18. The van der Waals surface area contributed by atoms with Crippen LogP contribution in [0.15, 0.2) is 0 Å². The fourth-order valence-corrected chi connectivity index (χ4v) is 1.22. The van der Waals surface area contributed by atoms with Gasteiger partial charge in [0.2, 0.25) is 0 Å². The second kappa shape index (κ2) is 5.47. The van der Waals surface area contributed by atoms with E-state index in [4.69, 9.17) is 9.84 Å². The topological polar surface area (TPSA) is 58.6 Å². The van der Waals surface area contributed by atoms with Crippen molar-refractivity contribution in [1.82, 2.24) is 5.32 Å². The maximum Gasteiger partial charge on any atom is 0.323 e. The zero-order valence-electron chi connectivity index (χ0n) is 10.4. The Balaban J connectivity index is 4.14. The van der Waals surface area contributed by atoms with Crippen LogP contribution in [0.3, 0.4) is 0 Å². The predicted molar refractivity (Wildman–Crippen MR) is 60.0 cm³/mol. The van der Waals surface area contributed by atoms with Gasteiger partial charge in [0.15, 0.2) is 0 Å². The Morgan fingerprint density at radius 3 is 2.20 bits per heavy atom. The third-order valence-electron chi connectivity index (χ3n) is 2.18. The zero-order chi connectivity index (χ0) is 12.1. The molecule has 0 bridgehead atoms. The summed E-state index contributed by atoms with van der Waals surface area (Å²) in [5.41, 5.74) is -1.11. The molecule has 0 radical (unpaired) electrons. The van der Waals surface area contributed by atoms with Crippen molar-refractivity contribution in [2.75, 3.05) is 13.2 Å². The molecule has 0 rings (SSSR count). The molecular weight excluding hydrogens is 194 g/mol. The van der Waals surface area contributed by atoms with E-state index in [1.54, 1.807) is 6.92 Å². The van der Waals surface area contributed by atoms with Crippen LogP contribution < -0.4 is 5.32 Å². The average Bonchev–Trinajstić information content (AvgIpc) is 2.01. The molecule has 0 aromatic rings. The van der Waals surface area contributed by atoms with Crippen molar-refractivity contribution in [2.45, 2.75) is 52.2 Å². The molecule has 0 aromatic heterocycles. The van der Waals surface area contributed by atoms with E-state index in [9.17, 15) is 4.79 Å². The number of nitrogens with one attached hydrogen (secondary N) is 1. The summed E-state index contributed by atoms with van der Waals surface area (Å²) in [4.78, 5) is 11.0. The summed E-state index contributed by atoms with van der Waals surface area (Å²) in [6.45, 7) is 10.5. The molecule has 90 valence electrons. The predicted octanol–water partition coefficient (Wildman–Crippen LogP) is 1.64. The number of hydrogen-bond donors (Lipinski definition) is 2. The van der Waals surface area contributed by atoms with Crippen LogP contribution in [0.4, 0.5) is 0 Å². The molecule has 0 aliphatic carbocycles. The molecule has 0 saturated carbocycles. The quantitative estimate of drug-likeness (QED) is 0.710. The van der Waals surface area contributed by atoms with E-state index in [0.29, 0.717) is 19.6 Å². The van der Waals surface area contributed by atoms with Crippen molar-refractivity contribution in [3.8, 4) is 0 Å². The Bertz CT molecular complexity index is 210. The van der Waals surface area contributed by atoms with Gasteiger partial charge >= 0.3 is 5.97 Å². The van der Waals surface area contributed by atoms with E-state index in [1.807, 2.05) is 27.7 Å². The summed E-state index contributed by atoms with van der Waals surface area (Å²) >= 11 is 0. The summed E-state index contributed by atoms with van der Waals surface area (Å²) < 4.78 is 5.52. The lowest BCUT2D eigenvalue weighted by molar-refractivity contribution is -0.145. The van der Waals surface area contributed by atoms with Crippen LogP contribution in [0.1, 0.15) is 41.0 Å². The summed E-state index contributed by atoms with van der Waals surface area (Å²) in [5.74, 6) is -0.832. The highest BCUT2D eigenvalue weighted by Crippen LogP contribution is 2.13. The van der Waals surface area contributed by atoms with Crippen molar-refractivity contribution in [3.05, 3.63) is 0 Å². The smallest absolute Gasteiger partial charge is 0.323 e. The van der Waals surface area contributed by atoms with Crippen LogP contribution in [0.5, 0.6) is 0 Å². The van der Waals surface area contributed by atoms with Crippen molar-refractivity contribution < 1.29 is 14.6 Å². The maximum absolute atomic E-state index is 11.0. The average molecular weight is 217 g/mol. The molecule has 0 spiro atoms. The van der Waals surface area contributed by atoms with Crippen LogP contribution in [-0.4, -0.2) is 35.4 Å². The van der Waals surface area contributed by atoms with Gasteiger partial charge in [-0.1, -0.05) is 6.92 Å². The molecule has 0 saturated heterocycles. The van der Waals surface area contributed by atoms with Crippen LogP contribution in [0.25, 0.3) is 0 Å². The second-order valence-corrected chi connectivity index (χ2v) is 4.88. The van der Waals surface area contributed by atoms with E-state index < -0.39 is 11.5 Å². The second-order valence-electron chi connectivity index (χ2n) is 4.88. The molecule has 0 heterocycles. The monoisotopic (exact) mass is 217 g/mol. The molecule has 0 aromatic carbocycles. The number of ether oxygens (including phenoxy) is 1. The highest BCUT2D eigenvalue weighted by atomic mass is 16.5. The standard InChI is InChI=1S/C11H23NO3/c1-6-12-11(5,9(13)14)7-8-15-10(2,3)4/h12H,6-8H2,1-5H3,(H,13,14). The molecule has 15 heavy (non-hydrogen) atoms. The van der Waals surface area contributed by atoms with Gasteiger partial charge in [0.05, 0.1) is 5.60 Å². The van der Waals surface area contributed by atoms with Gasteiger partial charge in [-0.15, -0.1) is 0 Å². The molecule has 2 N–H and O–H groups in total. The number of rotatable bonds is 6. The largest absolute Gasteiger partial charge is 0.480 e. The van der Waals surface area contributed by atoms with Crippen LogP contribution >= 0.6 is 0 Å². The first kappa shape index (κ1) is 14.4. The molecule has 0 aliphatic rings. The minimum absolute atomic E-state index is 0.217. The van der Waals surface area contributed by atoms with Gasteiger partial charge in [-0.2, -0.15) is 0 Å². The molecule has 1 atom stereocenters. The van der Waals surface area contributed by atoms with Crippen molar-refractivity contribution in [1.29, 1.82) is 0 Å². The summed E-state index contributed by atoms with van der Waals surface area (Å²) in [6.07, 6.45) is 0.466. The fraction of sp³-hybridized carbons (Fsp3) is 0.909. The van der Waals surface area contributed by atoms with E-state index in [0.717, 1.165) is 0 Å². The minimum atomic E-state index is -0.889. The minimum Gasteiger partial charge on any atom is -0.480 e. The number of carboxylic acids is 1. The van der Waals surface area contributed by atoms with Gasteiger partial charge in [0.1, 0.15) is 5.54 Å². The SMILES string of the molecule is CCNC(C)(CCOC(C)(C)C)C(=O)O. The zero-order valence-corrected chi connectivity index (χ0v) is 10.4. The Hall–Kier alpha value is -0.610. The summed E-state index contributed by atoms with van der Waals surface area (Å²) in [7, 11) is 0. The van der Waals surface area contributed by atoms with Crippen LogP contribution in [0, 0.1) is 0 Å². The number of carboxylic acid groups (broad SMARTS) is 1. The molecule has 1 unspecified atom stereocenters. The van der Waals surface area contributed by atoms with Crippen LogP contribution in [0.2, 0.25) is 0 Å². The van der Waals surface area contributed by atoms with Gasteiger partial charge in [-0.05, 0) is 40.7 Å². The van der Waals surface area contributed by atoms with Gasteiger partial charge in [0, 0.05) is 6.61 Å². The van der Waals surface area contributed by atoms with Gasteiger partial charge < -0.3 is 15.2 Å². The van der Waals surface area contributed by atoms with Gasteiger partial charge in [-0.3, -0.25) is 4.79 Å². The number of carbonyl (C=O) groups is 1. The molecular formula is C11H23NO3. The molecule has 0 amide bonds. The molecule has 4 heteroatoms. The van der Waals surface area contributed by atoms with Gasteiger partial charge in [0.25, 0.3) is 0 Å². The lowest BCUT2D eigenvalue weighted by atomic mass is 9.98. The Morgan fingerprint density at radius 1 is 1.33 bits per heavy atom. The Kier molecular flexibility index (Phi) is 5.24. The lowest BCUT2D eigenvalue weighted by Crippen LogP contribution is -2.50. The summed E-state index contributed by atoms with van der Waals surface area (Å²) in [5, 5.41) is 12.0. The fourth-order valence-electron chi connectivity index (χ4n) is 1.22. The van der Waals surface area contributed by atoms with Crippen LogP contribution in [-0.2, 0) is 9.53 Å². The summed E-state index contributed by atoms with van der Waals surface area (Å²) in [6, 6.07) is 0. The lowest BCUT2D eigenvalue weighted by Gasteiger charge is -2.28. The molecule has 0 aliphatic heterocycles. The van der Waals surface area contributed by atoms with E-state index >= 15 is 0 Å². The Morgan fingerprint density at radius 2 is 1.87 bits per heavy atom. The van der Waals surface area contributed by atoms with E-state index in [2.05, 4.69) is 5.32 Å². The highest BCUT2D eigenvalue weighted by Gasteiger charge is 2.31. The van der Waals surface area contributed by atoms with E-state index in [-0.39, 0.29) is 5.60 Å². The van der Waals surface area contributed by atoms with E-state index in [1.165, 1.54) is 0 Å². The van der Waals surface area contributed by atoms with Crippen molar-refractivity contribution in [2.24, 2.45) is 0 Å².